The van der Waals surface area contributed by atoms with E-state index in [2.05, 4.69) is 20.1 Å². The molecule has 0 atom stereocenters. The standard InChI is InChI=1S/C19H20F3N7/c20-19(21,22)14-3-1-8-23-18(14)28-11-6-13(7-12-28)17-25-24-15-4-5-16(26-29(15)17)27-9-2-10-27/h1,3-5,8,13H,2,6-7,9-12H2. The van der Waals surface area contributed by atoms with Crippen molar-refractivity contribution in [3.63, 3.8) is 0 Å². The molecule has 5 heterocycles. The highest BCUT2D eigenvalue weighted by Gasteiger charge is 2.37. The number of piperidine rings is 1. The minimum atomic E-state index is -4.42. The van der Waals surface area contributed by atoms with Crippen molar-refractivity contribution in [2.45, 2.75) is 31.4 Å². The minimum absolute atomic E-state index is 0.00254. The molecule has 0 radical (unpaired) electrons. The number of rotatable bonds is 3. The van der Waals surface area contributed by atoms with Gasteiger partial charge in [-0.3, -0.25) is 0 Å². The Hall–Kier alpha value is -2.91. The van der Waals surface area contributed by atoms with Crippen molar-refractivity contribution in [2.24, 2.45) is 0 Å². The topological polar surface area (TPSA) is 62.5 Å². The second-order valence-corrected chi connectivity index (χ2v) is 7.49. The molecular formula is C19H20F3N7. The van der Waals surface area contributed by atoms with E-state index in [4.69, 9.17) is 5.10 Å². The number of halogens is 3. The van der Waals surface area contributed by atoms with E-state index in [0.717, 1.165) is 30.8 Å². The molecule has 0 bridgehead atoms. The maximum atomic E-state index is 13.3. The van der Waals surface area contributed by atoms with Crippen molar-refractivity contribution in [3.8, 4) is 0 Å². The van der Waals surface area contributed by atoms with E-state index in [-0.39, 0.29) is 11.7 Å². The third kappa shape index (κ3) is 3.26. The van der Waals surface area contributed by atoms with Gasteiger partial charge in [-0.2, -0.15) is 17.7 Å². The van der Waals surface area contributed by atoms with E-state index in [1.807, 2.05) is 12.1 Å². The molecule has 0 amide bonds. The summed E-state index contributed by atoms with van der Waals surface area (Å²) in [6.45, 7) is 2.96. The second kappa shape index (κ2) is 6.85. The molecule has 0 saturated carbocycles. The quantitative estimate of drug-likeness (QED) is 0.670. The Labute approximate surface area is 165 Å². The third-order valence-corrected chi connectivity index (χ3v) is 5.70. The number of pyridine rings is 1. The fourth-order valence-corrected chi connectivity index (χ4v) is 3.98. The molecule has 7 nitrogen and oxygen atoms in total. The van der Waals surface area contributed by atoms with Crippen LogP contribution in [0.3, 0.4) is 0 Å². The lowest BCUT2D eigenvalue weighted by Crippen LogP contribution is -2.38. The molecule has 2 aliphatic heterocycles. The maximum Gasteiger partial charge on any atom is 0.419 e. The zero-order chi connectivity index (χ0) is 20.0. The van der Waals surface area contributed by atoms with Crippen molar-refractivity contribution < 1.29 is 13.2 Å². The fraction of sp³-hybridized carbons (Fsp3) is 0.474. The van der Waals surface area contributed by atoms with Crippen molar-refractivity contribution in [2.75, 3.05) is 36.0 Å². The molecule has 0 spiro atoms. The summed E-state index contributed by atoms with van der Waals surface area (Å²) >= 11 is 0. The largest absolute Gasteiger partial charge is 0.419 e. The van der Waals surface area contributed by atoms with Gasteiger partial charge in [-0.15, -0.1) is 15.3 Å². The molecule has 0 aliphatic carbocycles. The van der Waals surface area contributed by atoms with Crippen LogP contribution in [0.1, 0.15) is 36.6 Å². The van der Waals surface area contributed by atoms with Crippen LogP contribution < -0.4 is 9.80 Å². The number of hydrogen-bond donors (Lipinski definition) is 0. The monoisotopic (exact) mass is 403 g/mol. The van der Waals surface area contributed by atoms with Crippen LogP contribution >= 0.6 is 0 Å². The van der Waals surface area contributed by atoms with Gasteiger partial charge in [0.2, 0.25) is 0 Å². The van der Waals surface area contributed by atoms with Crippen molar-refractivity contribution in [1.82, 2.24) is 24.8 Å². The number of nitrogens with zero attached hydrogens (tertiary/aromatic N) is 7. The van der Waals surface area contributed by atoms with E-state index in [1.165, 1.54) is 18.7 Å². The number of hydrogen-bond acceptors (Lipinski definition) is 6. The van der Waals surface area contributed by atoms with Gasteiger partial charge in [0.1, 0.15) is 11.6 Å². The van der Waals surface area contributed by atoms with Gasteiger partial charge in [0.25, 0.3) is 0 Å². The molecule has 29 heavy (non-hydrogen) atoms. The maximum absolute atomic E-state index is 13.3. The molecule has 5 rings (SSSR count). The van der Waals surface area contributed by atoms with Gasteiger partial charge < -0.3 is 9.80 Å². The third-order valence-electron chi connectivity index (χ3n) is 5.70. The first-order valence-corrected chi connectivity index (χ1v) is 9.75. The van der Waals surface area contributed by atoms with Crippen LogP contribution in [0.2, 0.25) is 0 Å². The number of anilines is 2. The van der Waals surface area contributed by atoms with E-state index in [1.54, 1.807) is 9.42 Å². The first-order valence-electron chi connectivity index (χ1n) is 9.75. The van der Waals surface area contributed by atoms with E-state index < -0.39 is 11.7 Å². The summed E-state index contributed by atoms with van der Waals surface area (Å²) in [6.07, 6.45) is -0.500. The predicted octanol–water partition coefficient (Wildman–Crippen LogP) is 3.13. The van der Waals surface area contributed by atoms with Gasteiger partial charge in [-0.1, -0.05) is 0 Å². The van der Waals surface area contributed by atoms with Crippen molar-refractivity contribution >= 4 is 17.3 Å². The molecule has 0 N–H and O–H groups in total. The molecular weight excluding hydrogens is 383 g/mol. The molecule has 0 unspecified atom stereocenters. The molecule has 152 valence electrons. The molecule has 2 fully saturated rings. The number of fused-ring (bicyclic) bond motifs is 1. The smallest absolute Gasteiger partial charge is 0.356 e. The molecule has 10 heteroatoms. The summed E-state index contributed by atoms with van der Waals surface area (Å²) in [5.41, 5.74) is 0.00280. The van der Waals surface area contributed by atoms with E-state index in [9.17, 15) is 13.2 Å². The number of alkyl halides is 3. The highest BCUT2D eigenvalue weighted by atomic mass is 19.4. The summed E-state index contributed by atoms with van der Waals surface area (Å²) in [6, 6.07) is 6.27. The molecule has 0 aromatic carbocycles. The van der Waals surface area contributed by atoms with Crippen LogP contribution in [0.15, 0.2) is 30.5 Å². The predicted molar refractivity (Wildman–Crippen MR) is 101 cm³/mol. The lowest BCUT2D eigenvalue weighted by Gasteiger charge is -2.33. The van der Waals surface area contributed by atoms with Gasteiger partial charge in [-0.25, -0.2) is 4.98 Å². The average molecular weight is 403 g/mol. The molecule has 3 aromatic heterocycles. The lowest BCUT2D eigenvalue weighted by atomic mass is 9.96. The first kappa shape index (κ1) is 18.1. The fourth-order valence-electron chi connectivity index (χ4n) is 3.98. The lowest BCUT2D eigenvalue weighted by molar-refractivity contribution is -0.137. The minimum Gasteiger partial charge on any atom is -0.356 e. The Kier molecular flexibility index (Phi) is 4.29. The summed E-state index contributed by atoms with van der Waals surface area (Å²) in [5.74, 6) is 1.78. The van der Waals surface area contributed by atoms with Gasteiger partial charge in [0, 0.05) is 38.3 Å². The zero-order valence-corrected chi connectivity index (χ0v) is 15.7. The van der Waals surface area contributed by atoms with Crippen LogP contribution in [-0.2, 0) is 6.18 Å². The normalized spacial score (nSPS) is 18.3. The molecule has 3 aromatic rings. The van der Waals surface area contributed by atoms with Crippen LogP contribution in [0.25, 0.3) is 5.65 Å². The van der Waals surface area contributed by atoms with Crippen LogP contribution in [-0.4, -0.2) is 51.0 Å². The van der Waals surface area contributed by atoms with Crippen LogP contribution in [0.4, 0.5) is 24.8 Å². The Morgan fingerprint density at radius 1 is 0.931 bits per heavy atom. The van der Waals surface area contributed by atoms with Gasteiger partial charge in [0.15, 0.2) is 11.5 Å². The molecule has 2 saturated heterocycles. The van der Waals surface area contributed by atoms with E-state index in [0.29, 0.717) is 31.6 Å². The highest BCUT2D eigenvalue weighted by Crippen LogP contribution is 2.37. The van der Waals surface area contributed by atoms with Crippen LogP contribution in [0, 0.1) is 0 Å². The average Bonchev–Trinajstić information content (AvgIpc) is 3.09. The SMILES string of the molecule is FC(F)(F)c1cccnc1N1CCC(c2nnc3ccc(N4CCC4)nn23)CC1. The van der Waals surface area contributed by atoms with Gasteiger partial charge >= 0.3 is 6.18 Å². The Morgan fingerprint density at radius 2 is 1.72 bits per heavy atom. The van der Waals surface area contributed by atoms with Crippen LogP contribution in [0.5, 0.6) is 0 Å². The van der Waals surface area contributed by atoms with Crippen molar-refractivity contribution in [1.29, 1.82) is 0 Å². The summed E-state index contributed by atoms with van der Waals surface area (Å²) in [7, 11) is 0. The number of aromatic nitrogens is 5. The Balaban J connectivity index is 1.36. The summed E-state index contributed by atoms with van der Waals surface area (Å²) in [4.78, 5) is 7.92. The zero-order valence-electron chi connectivity index (χ0n) is 15.7. The molecule has 2 aliphatic rings. The van der Waals surface area contributed by atoms with E-state index >= 15 is 0 Å². The highest BCUT2D eigenvalue weighted by molar-refractivity contribution is 5.49. The summed E-state index contributed by atoms with van der Waals surface area (Å²) < 4.78 is 41.7. The Morgan fingerprint density at radius 3 is 2.41 bits per heavy atom. The van der Waals surface area contributed by atoms with Crippen molar-refractivity contribution in [3.05, 3.63) is 41.9 Å². The second-order valence-electron chi connectivity index (χ2n) is 7.49. The first-order chi connectivity index (χ1) is 14.0. The van der Waals surface area contributed by atoms with Gasteiger partial charge in [0.05, 0.1) is 5.56 Å². The van der Waals surface area contributed by atoms with Gasteiger partial charge in [-0.05, 0) is 43.5 Å². The Bertz CT molecular complexity index is 1020. The summed E-state index contributed by atoms with van der Waals surface area (Å²) in [5, 5.41) is 13.3.